The molecule has 1 unspecified atom stereocenters. The average Bonchev–Trinajstić information content (AvgIpc) is 2.11. The summed E-state index contributed by atoms with van der Waals surface area (Å²) in [5.41, 5.74) is 2.03. The van der Waals surface area contributed by atoms with Crippen LogP contribution in [0.25, 0.3) is 0 Å². The van der Waals surface area contributed by atoms with E-state index >= 15 is 0 Å². The molecule has 2 heteroatoms. The molecule has 0 spiro atoms. The number of hydrogen-bond acceptors (Lipinski definition) is 2. The Labute approximate surface area is 86.3 Å². The first-order valence-corrected chi connectivity index (χ1v) is 4.84. The Morgan fingerprint density at radius 3 is 2.57 bits per heavy atom. The molecule has 1 atom stereocenters. The smallest absolute Gasteiger partial charge is 0.0761 e. The van der Waals surface area contributed by atoms with Gasteiger partial charge in [-0.1, -0.05) is 36.0 Å². The van der Waals surface area contributed by atoms with Crippen LogP contribution in [-0.4, -0.2) is 22.9 Å². The summed E-state index contributed by atoms with van der Waals surface area (Å²) in [6, 6.07) is 0. The van der Waals surface area contributed by atoms with Gasteiger partial charge in [0.15, 0.2) is 0 Å². The molecule has 0 bridgehead atoms. The molecule has 0 aromatic rings. The standard InChI is InChI=1S/C12H20O2/c1-10(2)6-7-12(14)9-11(3)5-4-8-13/h5-7,12-14H,1,4,8-9H2,2-3H3/b7-6+,11-5-. The van der Waals surface area contributed by atoms with E-state index in [1.807, 2.05) is 26.0 Å². The zero-order valence-electron chi connectivity index (χ0n) is 9.03. The maximum atomic E-state index is 9.54. The molecule has 0 fully saturated rings. The van der Waals surface area contributed by atoms with Crippen molar-refractivity contribution in [2.24, 2.45) is 0 Å². The van der Waals surface area contributed by atoms with Crippen molar-refractivity contribution in [3.05, 3.63) is 36.0 Å². The molecule has 80 valence electrons. The number of aliphatic hydroxyl groups excluding tert-OH is 2. The van der Waals surface area contributed by atoms with Crippen LogP contribution < -0.4 is 0 Å². The lowest BCUT2D eigenvalue weighted by atomic mass is 10.1. The van der Waals surface area contributed by atoms with Crippen molar-refractivity contribution in [1.29, 1.82) is 0 Å². The van der Waals surface area contributed by atoms with E-state index < -0.39 is 6.10 Å². The highest BCUT2D eigenvalue weighted by atomic mass is 16.3. The highest BCUT2D eigenvalue weighted by Gasteiger charge is 1.99. The fourth-order valence-corrected chi connectivity index (χ4v) is 1.07. The van der Waals surface area contributed by atoms with Gasteiger partial charge in [-0.05, 0) is 26.7 Å². The van der Waals surface area contributed by atoms with Crippen LogP contribution in [0.5, 0.6) is 0 Å². The molecule has 0 aromatic carbocycles. The molecule has 0 radical (unpaired) electrons. The van der Waals surface area contributed by atoms with Gasteiger partial charge in [-0.3, -0.25) is 0 Å². The normalized spacial score (nSPS) is 14.7. The lowest BCUT2D eigenvalue weighted by molar-refractivity contribution is 0.223. The average molecular weight is 196 g/mol. The molecule has 0 aliphatic rings. The molecule has 0 saturated carbocycles. The molecule has 0 aromatic heterocycles. The Kier molecular flexibility index (Phi) is 7.07. The Hall–Kier alpha value is -0.860. The van der Waals surface area contributed by atoms with Crippen LogP contribution in [0.15, 0.2) is 36.0 Å². The van der Waals surface area contributed by atoms with Gasteiger partial charge in [-0.25, -0.2) is 0 Å². The molecule has 0 aliphatic carbocycles. The van der Waals surface area contributed by atoms with Crippen LogP contribution in [-0.2, 0) is 0 Å². The third-order valence-corrected chi connectivity index (χ3v) is 1.76. The second-order valence-corrected chi connectivity index (χ2v) is 3.54. The van der Waals surface area contributed by atoms with E-state index in [1.54, 1.807) is 6.08 Å². The van der Waals surface area contributed by atoms with Crippen LogP contribution in [0.1, 0.15) is 26.7 Å². The second-order valence-electron chi connectivity index (χ2n) is 3.54. The molecule has 14 heavy (non-hydrogen) atoms. The summed E-state index contributed by atoms with van der Waals surface area (Å²) in [4.78, 5) is 0. The van der Waals surface area contributed by atoms with E-state index in [1.165, 1.54) is 0 Å². The van der Waals surface area contributed by atoms with E-state index in [0.717, 1.165) is 11.1 Å². The molecule has 2 nitrogen and oxygen atoms in total. The number of aliphatic hydroxyl groups is 2. The van der Waals surface area contributed by atoms with Gasteiger partial charge in [0, 0.05) is 6.61 Å². The van der Waals surface area contributed by atoms with Gasteiger partial charge in [0.25, 0.3) is 0 Å². The van der Waals surface area contributed by atoms with Crippen molar-refractivity contribution in [3.63, 3.8) is 0 Å². The Balaban J connectivity index is 3.93. The van der Waals surface area contributed by atoms with E-state index in [-0.39, 0.29) is 6.61 Å². The van der Waals surface area contributed by atoms with Gasteiger partial charge >= 0.3 is 0 Å². The summed E-state index contributed by atoms with van der Waals surface area (Å²) >= 11 is 0. The maximum Gasteiger partial charge on any atom is 0.0761 e. The molecule has 0 rings (SSSR count). The minimum atomic E-state index is -0.457. The SMILES string of the molecule is C=C(C)/C=C/C(O)C/C(C)=C\CCO. The molecule has 0 saturated heterocycles. The predicted molar refractivity (Wildman–Crippen MR) is 60.0 cm³/mol. The van der Waals surface area contributed by atoms with Crippen molar-refractivity contribution in [3.8, 4) is 0 Å². The van der Waals surface area contributed by atoms with Crippen molar-refractivity contribution in [1.82, 2.24) is 0 Å². The minimum absolute atomic E-state index is 0.162. The van der Waals surface area contributed by atoms with Crippen LogP contribution >= 0.6 is 0 Å². The van der Waals surface area contributed by atoms with Gasteiger partial charge in [0.05, 0.1) is 6.10 Å². The fraction of sp³-hybridized carbons (Fsp3) is 0.500. The van der Waals surface area contributed by atoms with Crippen molar-refractivity contribution >= 4 is 0 Å². The minimum Gasteiger partial charge on any atom is -0.396 e. The largest absolute Gasteiger partial charge is 0.396 e. The zero-order chi connectivity index (χ0) is 11.0. The van der Waals surface area contributed by atoms with E-state index in [4.69, 9.17) is 5.11 Å². The van der Waals surface area contributed by atoms with Crippen molar-refractivity contribution < 1.29 is 10.2 Å². The van der Waals surface area contributed by atoms with Crippen LogP contribution in [0.3, 0.4) is 0 Å². The predicted octanol–water partition coefficient (Wildman–Crippen LogP) is 2.20. The molecular weight excluding hydrogens is 176 g/mol. The van der Waals surface area contributed by atoms with E-state index in [0.29, 0.717) is 12.8 Å². The first kappa shape index (κ1) is 13.1. The zero-order valence-corrected chi connectivity index (χ0v) is 9.03. The summed E-state index contributed by atoms with van der Waals surface area (Å²) in [6.07, 6.45) is 6.30. The van der Waals surface area contributed by atoms with E-state index in [2.05, 4.69) is 6.58 Å². The first-order valence-electron chi connectivity index (χ1n) is 4.84. The van der Waals surface area contributed by atoms with Gasteiger partial charge < -0.3 is 10.2 Å². The van der Waals surface area contributed by atoms with Gasteiger partial charge in [-0.2, -0.15) is 0 Å². The Morgan fingerprint density at radius 2 is 2.07 bits per heavy atom. The maximum absolute atomic E-state index is 9.54. The molecule has 0 heterocycles. The molecule has 2 N–H and O–H groups in total. The second kappa shape index (κ2) is 7.54. The topological polar surface area (TPSA) is 40.5 Å². The lowest BCUT2D eigenvalue weighted by Gasteiger charge is -2.05. The molecule has 0 aliphatic heterocycles. The summed E-state index contributed by atoms with van der Waals surface area (Å²) in [5, 5.41) is 18.1. The van der Waals surface area contributed by atoms with Crippen LogP contribution in [0.4, 0.5) is 0 Å². The Morgan fingerprint density at radius 1 is 1.43 bits per heavy atom. The monoisotopic (exact) mass is 196 g/mol. The van der Waals surface area contributed by atoms with Gasteiger partial charge in [0.2, 0.25) is 0 Å². The van der Waals surface area contributed by atoms with Crippen LogP contribution in [0, 0.1) is 0 Å². The summed E-state index contributed by atoms with van der Waals surface area (Å²) in [7, 11) is 0. The number of allylic oxidation sites excluding steroid dienone is 2. The van der Waals surface area contributed by atoms with Gasteiger partial charge in [0.1, 0.15) is 0 Å². The highest BCUT2D eigenvalue weighted by Crippen LogP contribution is 2.07. The summed E-state index contributed by atoms with van der Waals surface area (Å²) in [5.74, 6) is 0. The lowest BCUT2D eigenvalue weighted by Crippen LogP contribution is -2.02. The molecule has 0 amide bonds. The number of rotatable bonds is 6. The highest BCUT2D eigenvalue weighted by molar-refractivity contribution is 5.14. The van der Waals surface area contributed by atoms with Crippen molar-refractivity contribution in [2.45, 2.75) is 32.8 Å². The summed E-state index contributed by atoms with van der Waals surface area (Å²) in [6.45, 7) is 7.71. The number of hydrogen-bond donors (Lipinski definition) is 2. The third-order valence-electron chi connectivity index (χ3n) is 1.76. The van der Waals surface area contributed by atoms with Gasteiger partial charge in [-0.15, -0.1) is 0 Å². The van der Waals surface area contributed by atoms with Crippen LogP contribution in [0.2, 0.25) is 0 Å². The first-order chi connectivity index (χ1) is 6.56. The fourth-order valence-electron chi connectivity index (χ4n) is 1.07. The van der Waals surface area contributed by atoms with Crippen molar-refractivity contribution in [2.75, 3.05) is 6.61 Å². The van der Waals surface area contributed by atoms with E-state index in [9.17, 15) is 5.11 Å². The molecular formula is C12H20O2. The summed E-state index contributed by atoms with van der Waals surface area (Å²) < 4.78 is 0. The quantitative estimate of drug-likeness (QED) is 0.505. The third kappa shape index (κ3) is 7.77. The Bertz CT molecular complexity index is 226.